The van der Waals surface area contributed by atoms with Crippen molar-refractivity contribution in [2.24, 2.45) is 0 Å². The minimum absolute atomic E-state index is 0.0255. The van der Waals surface area contributed by atoms with Gasteiger partial charge in [0.25, 0.3) is 5.91 Å². The van der Waals surface area contributed by atoms with Crippen LogP contribution in [0.4, 0.5) is 0 Å². The number of carbonyl (C=O) groups is 1. The van der Waals surface area contributed by atoms with Crippen LogP contribution >= 0.6 is 0 Å². The molecule has 18 heavy (non-hydrogen) atoms. The smallest absolute Gasteiger partial charge is 0.251 e. The van der Waals surface area contributed by atoms with Crippen LogP contribution in [0.3, 0.4) is 0 Å². The minimum Gasteiger partial charge on any atom is -0.393 e. The molecule has 1 aromatic rings. The molecule has 1 amide bonds. The SMILES string of the molecule is CC(O)(CO)CNC(=O)c1ccc2c(c1)CNC2. The maximum Gasteiger partial charge on any atom is 0.251 e. The molecular weight excluding hydrogens is 232 g/mol. The second kappa shape index (κ2) is 5.06. The third kappa shape index (κ3) is 2.87. The number of aliphatic hydroxyl groups excluding tert-OH is 1. The summed E-state index contributed by atoms with van der Waals surface area (Å²) in [6.07, 6.45) is 0. The first-order valence-corrected chi connectivity index (χ1v) is 5.96. The summed E-state index contributed by atoms with van der Waals surface area (Å²) in [6, 6.07) is 5.57. The Morgan fingerprint density at radius 3 is 2.89 bits per heavy atom. The molecule has 1 aromatic carbocycles. The van der Waals surface area contributed by atoms with Gasteiger partial charge in [-0.05, 0) is 30.2 Å². The van der Waals surface area contributed by atoms with Crippen molar-refractivity contribution >= 4 is 5.91 Å². The van der Waals surface area contributed by atoms with Crippen LogP contribution in [0.25, 0.3) is 0 Å². The molecule has 4 N–H and O–H groups in total. The van der Waals surface area contributed by atoms with Crippen molar-refractivity contribution < 1.29 is 15.0 Å². The van der Waals surface area contributed by atoms with Gasteiger partial charge in [0.2, 0.25) is 0 Å². The summed E-state index contributed by atoms with van der Waals surface area (Å²) < 4.78 is 0. The van der Waals surface area contributed by atoms with Crippen molar-refractivity contribution in [1.82, 2.24) is 10.6 Å². The predicted molar refractivity (Wildman–Crippen MR) is 67.0 cm³/mol. The molecule has 5 heteroatoms. The van der Waals surface area contributed by atoms with Crippen LogP contribution in [-0.4, -0.2) is 34.9 Å². The van der Waals surface area contributed by atoms with Gasteiger partial charge in [0, 0.05) is 25.2 Å². The molecule has 0 radical (unpaired) electrons. The summed E-state index contributed by atoms with van der Waals surface area (Å²) in [5.41, 5.74) is 1.64. The molecule has 0 aliphatic carbocycles. The second-order valence-corrected chi connectivity index (χ2v) is 4.92. The van der Waals surface area contributed by atoms with Gasteiger partial charge >= 0.3 is 0 Å². The third-order valence-electron chi connectivity index (χ3n) is 3.07. The zero-order valence-electron chi connectivity index (χ0n) is 10.4. The van der Waals surface area contributed by atoms with Crippen LogP contribution in [0.1, 0.15) is 28.4 Å². The lowest BCUT2D eigenvalue weighted by molar-refractivity contribution is 0.00320. The topological polar surface area (TPSA) is 81.6 Å². The van der Waals surface area contributed by atoms with Gasteiger partial charge in [-0.2, -0.15) is 0 Å². The highest BCUT2D eigenvalue weighted by Crippen LogP contribution is 2.17. The number of rotatable bonds is 4. The van der Waals surface area contributed by atoms with Gasteiger partial charge in [0.1, 0.15) is 5.60 Å². The zero-order chi connectivity index (χ0) is 13.2. The molecule has 1 aliphatic heterocycles. The van der Waals surface area contributed by atoms with E-state index in [1.807, 2.05) is 12.1 Å². The number of nitrogens with one attached hydrogen (secondary N) is 2. The highest BCUT2D eigenvalue weighted by atomic mass is 16.3. The number of fused-ring (bicyclic) bond motifs is 1. The molecule has 0 spiro atoms. The fourth-order valence-corrected chi connectivity index (χ4v) is 1.86. The van der Waals surface area contributed by atoms with Crippen molar-refractivity contribution in [2.75, 3.05) is 13.2 Å². The maximum atomic E-state index is 11.9. The lowest BCUT2D eigenvalue weighted by Crippen LogP contribution is -2.43. The molecular formula is C13H18N2O3. The Labute approximate surface area is 106 Å². The summed E-state index contributed by atoms with van der Waals surface area (Å²) >= 11 is 0. The van der Waals surface area contributed by atoms with Crippen molar-refractivity contribution in [3.63, 3.8) is 0 Å². The van der Waals surface area contributed by atoms with Crippen molar-refractivity contribution in [1.29, 1.82) is 0 Å². The van der Waals surface area contributed by atoms with E-state index in [4.69, 9.17) is 5.11 Å². The molecule has 0 saturated heterocycles. The summed E-state index contributed by atoms with van der Waals surface area (Å²) in [5, 5.41) is 24.3. The summed E-state index contributed by atoms with van der Waals surface area (Å²) in [4.78, 5) is 11.9. The quantitative estimate of drug-likeness (QED) is 0.594. The zero-order valence-corrected chi connectivity index (χ0v) is 10.4. The van der Waals surface area contributed by atoms with Gasteiger partial charge in [0.05, 0.1) is 6.61 Å². The summed E-state index contributed by atoms with van der Waals surface area (Å²) in [7, 11) is 0. The fourth-order valence-electron chi connectivity index (χ4n) is 1.86. The van der Waals surface area contributed by atoms with Crippen molar-refractivity contribution in [2.45, 2.75) is 25.6 Å². The first-order chi connectivity index (χ1) is 8.52. The Bertz CT molecular complexity index is 458. The van der Waals surface area contributed by atoms with Crippen LogP contribution in [0.2, 0.25) is 0 Å². The monoisotopic (exact) mass is 250 g/mol. The lowest BCUT2D eigenvalue weighted by Gasteiger charge is -2.20. The van der Waals surface area contributed by atoms with Crippen molar-refractivity contribution in [3.05, 3.63) is 34.9 Å². The average molecular weight is 250 g/mol. The molecule has 2 rings (SSSR count). The number of aliphatic hydroxyl groups is 2. The fraction of sp³-hybridized carbons (Fsp3) is 0.462. The Morgan fingerprint density at radius 1 is 1.44 bits per heavy atom. The van der Waals surface area contributed by atoms with E-state index in [-0.39, 0.29) is 19.1 Å². The molecule has 1 atom stereocenters. The Morgan fingerprint density at radius 2 is 2.17 bits per heavy atom. The van der Waals surface area contributed by atoms with Crippen LogP contribution in [0, 0.1) is 0 Å². The van der Waals surface area contributed by atoms with Crippen molar-refractivity contribution in [3.8, 4) is 0 Å². The highest BCUT2D eigenvalue weighted by molar-refractivity contribution is 5.94. The van der Waals surface area contributed by atoms with E-state index in [9.17, 15) is 9.90 Å². The highest BCUT2D eigenvalue weighted by Gasteiger charge is 2.20. The first-order valence-electron chi connectivity index (χ1n) is 5.96. The molecule has 0 fully saturated rings. The third-order valence-corrected chi connectivity index (χ3v) is 3.07. The van der Waals surface area contributed by atoms with Crippen LogP contribution in [-0.2, 0) is 13.1 Å². The van der Waals surface area contributed by atoms with Gasteiger partial charge in [-0.25, -0.2) is 0 Å². The molecule has 5 nitrogen and oxygen atoms in total. The van der Waals surface area contributed by atoms with Gasteiger partial charge in [-0.15, -0.1) is 0 Å². The van der Waals surface area contributed by atoms with E-state index >= 15 is 0 Å². The van der Waals surface area contributed by atoms with Crippen LogP contribution in [0.5, 0.6) is 0 Å². The number of amides is 1. The lowest BCUT2D eigenvalue weighted by atomic mass is 10.1. The summed E-state index contributed by atoms with van der Waals surface area (Å²) in [5.74, 6) is -0.238. The molecule has 1 unspecified atom stereocenters. The van der Waals surface area contributed by atoms with Gasteiger partial charge in [-0.3, -0.25) is 4.79 Å². The molecule has 0 aromatic heterocycles. The first kappa shape index (κ1) is 13.0. The van der Waals surface area contributed by atoms with E-state index in [1.165, 1.54) is 12.5 Å². The number of carbonyl (C=O) groups excluding carboxylic acids is 1. The van der Waals surface area contributed by atoms with E-state index in [1.54, 1.807) is 6.07 Å². The molecule has 1 heterocycles. The van der Waals surface area contributed by atoms with Gasteiger partial charge in [0.15, 0.2) is 0 Å². The maximum absolute atomic E-state index is 11.9. The molecule has 98 valence electrons. The molecule has 0 bridgehead atoms. The van der Waals surface area contributed by atoms with Gasteiger partial charge < -0.3 is 20.8 Å². The second-order valence-electron chi connectivity index (χ2n) is 4.92. The minimum atomic E-state index is -1.28. The van der Waals surface area contributed by atoms with E-state index in [0.717, 1.165) is 18.7 Å². The average Bonchev–Trinajstić information content (AvgIpc) is 2.83. The normalized spacial score (nSPS) is 17.1. The van der Waals surface area contributed by atoms with Crippen LogP contribution < -0.4 is 10.6 Å². The summed E-state index contributed by atoms with van der Waals surface area (Å²) in [6.45, 7) is 2.74. The van der Waals surface area contributed by atoms with Gasteiger partial charge in [-0.1, -0.05) is 6.07 Å². The van der Waals surface area contributed by atoms with E-state index < -0.39 is 5.60 Å². The predicted octanol–water partition coefficient (Wildman–Crippen LogP) is -0.237. The Hall–Kier alpha value is -1.43. The Balaban J connectivity index is 2.01. The molecule has 1 aliphatic rings. The molecule has 0 saturated carbocycles. The number of hydrogen-bond donors (Lipinski definition) is 4. The number of hydrogen-bond acceptors (Lipinski definition) is 4. The van der Waals surface area contributed by atoms with E-state index in [2.05, 4.69) is 10.6 Å². The van der Waals surface area contributed by atoms with E-state index in [0.29, 0.717) is 5.56 Å². The van der Waals surface area contributed by atoms with Crippen LogP contribution in [0.15, 0.2) is 18.2 Å². The largest absolute Gasteiger partial charge is 0.393 e. The Kier molecular flexibility index (Phi) is 3.65. The standard InChI is InChI=1S/C13H18N2O3/c1-13(18,8-16)7-15-12(17)9-2-3-10-5-14-6-11(10)4-9/h2-4,14,16,18H,5-8H2,1H3,(H,15,17). The number of benzene rings is 1.